The zero-order valence-corrected chi connectivity index (χ0v) is 11.6. The molecule has 0 aliphatic rings. The fraction of sp³-hybridized carbons (Fsp3) is 0. The Morgan fingerprint density at radius 3 is 2.44 bits per heavy atom. The van der Waals surface area contributed by atoms with Crippen molar-refractivity contribution in [2.45, 2.75) is 4.90 Å². The van der Waals surface area contributed by atoms with Gasteiger partial charge in [0.15, 0.2) is 0 Å². The summed E-state index contributed by atoms with van der Waals surface area (Å²) in [7, 11) is -3.68. The van der Waals surface area contributed by atoms with Gasteiger partial charge in [0.2, 0.25) is 0 Å². The molecule has 0 amide bonds. The number of nitrogens with one attached hydrogen (secondary N) is 1. The van der Waals surface area contributed by atoms with Crippen molar-refractivity contribution in [1.82, 2.24) is 0 Å². The van der Waals surface area contributed by atoms with E-state index in [0.717, 1.165) is 4.47 Å². The Morgan fingerprint density at radius 2 is 1.78 bits per heavy atom. The van der Waals surface area contributed by atoms with Crippen molar-refractivity contribution in [3.8, 4) is 5.75 Å². The molecule has 2 rings (SSSR count). The van der Waals surface area contributed by atoms with Crippen molar-refractivity contribution in [3.63, 3.8) is 0 Å². The van der Waals surface area contributed by atoms with Crippen LogP contribution in [-0.4, -0.2) is 13.5 Å². The molecule has 2 aromatic rings. The molecule has 2 N–H and O–H groups in total. The molecule has 6 heteroatoms. The third-order valence-corrected chi connectivity index (χ3v) is 4.08. The maximum atomic E-state index is 12.0. The number of hydrogen-bond acceptors (Lipinski definition) is 3. The van der Waals surface area contributed by atoms with E-state index in [1.54, 1.807) is 24.3 Å². The highest BCUT2D eigenvalue weighted by Crippen LogP contribution is 2.21. The number of rotatable bonds is 3. The second-order valence-electron chi connectivity index (χ2n) is 3.61. The average Bonchev–Trinajstić information content (AvgIpc) is 2.28. The predicted molar refractivity (Wildman–Crippen MR) is 73.1 cm³/mol. The van der Waals surface area contributed by atoms with Crippen LogP contribution in [0.5, 0.6) is 5.75 Å². The first kappa shape index (κ1) is 12.9. The molecule has 0 aromatic heterocycles. The minimum atomic E-state index is -3.68. The predicted octanol–water partition coefficient (Wildman–Crippen LogP) is 2.96. The Hall–Kier alpha value is -1.53. The lowest BCUT2D eigenvalue weighted by Gasteiger charge is -2.08. The van der Waals surface area contributed by atoms with Crippen LogP contribution in [-0.2, 0) is 10.0 Å². The highest BCUT2D eigenvalue weighted by Gasteiger charge is 2.14. The van der Waals surface area contributed by atoms with Gasteiger partial charge in [0, 0.05) is 16.2 Å². The summed E-state index contributed by atoms with van der Waals surface area (Å²) in [6.45, 7) is 0. The summed E-state index contributed by atoms with van der Waals surface area (Å²) < 4.78 is 27.3. The Balaban J connectivity index is 2.33. The number of hydrogen-bond donors (Lipinski definition) is 2. The highest BCUT2D eigenvalue weighted by molar-refractivity contribution is 9.10. The standard InChI is InChI=1S/C12H10BrNO3S/c13-9-3-1-4-10(7-9)14-18(16,17)12-6-2-5-11(15)8-12/h1-8,14-15H. The smallest absolute Gasteiger partial charge is 0.262 e. The van der Waals surface area contributed by atoms with Gasteiger partial charge in [-0.15, -0.1) is 0 Å². The van der Waals surface area contributed by atoms with E-state index in [4.69, 9.17) is 0 Å². The van der Waals surface area contributed by atoms with Crippen LogP contribution in [0.25, 0.3) is 0 Å². The molecule has 0 bridgehead atoms. The lowest BCUT2D eigenvalue weighted by atomic mass is 10.3. The summed E-state index contributed by atoms with van der Waals surface area (Å²) in [5, 5.41) is 9.29. The molecule has 0 fully saturated rings. The van der Waals surface area contributed by atoms with Gasteiger partial charge in [0.1, 0.15) is 5.75 Å². The lowest BCUT2D eigenvalue weighted by Crippen LogP contribution is -2.12. The molecule has 2 aromatic carbocycles. The summed E-state index contributed by atoms with van der Waals surface area (Å²) in [5.41, 5.74) is 0.452. The van der Waals surface area contributed by atoms with Gasteiger partial charge in [-0.1, -0.05) is 28.1 Å². The largest absolute Gasteiger partial charge is 0.508 e. The molecule has 0 aliphatic heterocycles. The fourth-order valence-electron chi connectivity index (χ4n) is 1.42. The second kappa shape index (κ2) is 4.99. The molecule has 0 radical (unpaired) electrons. The molecule has 0 saturated carbocycles. The number of aromatic hydroxyl groups is 1. The van der Waals surface area contributed by atoms with Gasteiger partial charge < -0.3 is 5.11 Å². The van der Waals surface area contributed by atoms with E-state index in [2.05, 4.69) is 20.7 Å². The third-order valence-electron chi connectivity index (χ3n) is 2.20. The quantitative estimate of drug-likeness (QED) is 0.910. The summed E-state index contributed by atoms with van der Waals surface area (Å²) >= 11 is 3.26. The minimum Gasteiger partial charge on any atom is -0.508 e. The van der Waals surface area contributed by atoms with Gasteiger partial charge in [-0.3, -0.25) is 4.72 Å². The van der Waals surface area contributed by atoms with Crippen molar-refractivity contribution >= 4 is 31.6 Å². The van der Waals surface area contributed by atoms with Crippen molar-refractivity contribution in [1.29, 1.82) is 0 Å². The lowest BCUT2D eigenvalue weighted by molar-refractivity contribution is 0.473. The molecule has 0 saturated heterocycles. The normalized spacial score (nSPS) is 11.2. The van der Waals surface area contributed by atoms with Crippen LogP contribution >= 0.6 is 15.9 Å². The Morgan fingerprint density at radius 1 is 1.06 bits per heavy atom. The van der Waals surface area contributed by atoms with Crippen molar-refractivity contribution in [2.75, 3.05) is 4.72 Å². The van der Waals surface area contributed by atoms with E-state index in [-0.39, 0.29) is 10.6 Å². The summed E-state index contributed by atoms with van der Waals surface area (Å²) in [4.78, 5) is 0.0162. The number of phenols is 1. The summed E-state index contributed by atoms with van der Waals surface area (Å²) in [5.74, 6) is -0.0906. The van der Waals surface area contributed by atoms with Crippen molar-refractivity contribution in [3.05, 3.63) is 53.0 Å². The van der Waals surface area contributed by atoms with Gasteiger partial charge in [-0.2, -0.15) is 0 Å². The fourth-order valence-corrected chi connectivity index (χ4v) is 2.90. The molecule has 0 atom stereocenters. The second-order valence-corrected chi connectivity index (χ2v) is 6.21. The highest BCUT2D eigenvalue weighted by atomic mass is 79.9. The molecule has 4 nitrogen and oxygen atoms in total. The van der Waals surface area contributed by atoms with Crippen molar-refractivity contribution < 1.29 is 13.5 Å². The first-order chi connectivity index (χ1) is 8.47. The molecule has 0 heterocycles. The maximum absolute atomic E-state index is 12.0. The van der Waals surface area contributed by atoms with E-state index in [1.807, 2.05) is 0 Å². The van der Waals surface area contributed by atoms with Crippen LogP contribution in [0.3, 0.4) is 0 Å². The topological polar surface area (TPSA) is 66.4 Å². The van der Waals surface area contributed by atoms with E-state index in [0.29, 0.717) is 5.69 Å². The molecular formula is C12H10BrNO3S. The Bertz CT molecular complexity index is 671. The molecule has 0 aliphatic carbocycles. The van der Waals surface area contributed by atoms with Crippen LogP contribution < -0.4 is 4.72 Å². The molecule has 94 valence electrons. The number of phenolic OH excluding ortho intramolecular Hbond substituents is 1. The third kappa shape index (κ3) is 3.02. The van der Waals surface area contributed by atoms with Crippen LogP contribution in [0.15, 0.2) is 57.9 Å². The maximum Gasteiger partial charge on any atom is 0.262 e. The minimum absolute atomic E-state index is 0.0162. The average molecular weight is 328 g/mol. The monoisotopic (exact) mass is 327 g/mol. The van der Waals surface area contributed by atoms with Gasteiger partial charge in [-0.25, -0.2) is 8.42 Å². The zero-order valence-electron chi connectivity index (χ0n) is 9.17. The van der Waals surface area contributed by atoms with Crippen LogP contribution in [0, 0.1) is 0 Å². The van der Waals surface area contributed by atoms with E-state index >= 15 is 0 Å². The molecule has 0 unspecified atom stereocenters. The van der Waals surface area contributed by atoms with Crippen LogP contribution in [0.1, 0.15) is 0 Å². The summed E-state index contributed by atoms with van der Waals surface area (Å²) in [6.07, 6.45) is 0. The van der Waals surface area contributed by atoms with Gasteiger partial charge in [0.05, 0.1) is 4.90 Å². The van der Waals surface area contributed by atoms with Gasteiger partial charge >= 0.3 is 0 Å². The SMILES string of the molecule is O=S(=O)(Nc1cccc(Br)c1)c1cccc(O)c1. The first-order valence-corrected chi connectivity index (χ1v) is 7.32. The van der Waals surface area contributed by atoms with Gasteiger partial charge in [0.25, 0.3) is 10.0 Å². The van der Waals surface area contributed by atoms with E-state index < -0.39 is 10.0 Å². The Labute approximate surface area is 113 Å². The van der Waals surface area contributed by atoms with Crippen LogP contribution in [0.2, 0.25) is 0 Å². The van der Waals surface area contributed by atoms with E-state index in [9.17, 15) is 13.5 Å². The van der Waals surface area contributed by atoms with Crippen LogP contribution in [0.4, 0.5) is 5.69 Å². The van der Waals surface area contributed by atoms with Gasteiger partial charge in [-0.05, 0) is 30.3 Å². The molecular weight excluding hydrogens is 318 g/mol. The summed E-state index contributed by atoms with van der Waals surface area (Å²) in [6, 6.07) is 12.3. The number of halogens is 1. The number of benzene rings is 2. The molecule has 18 heavy (non-hydrogen) atoms. The van der Waals surface area contributed by atoms with Crippen molar-refractivity contribution in [2.24, 2.45) is 0 Å². The number of anilines is 1. The van der Waals surface area contributed by atoms with E-state index in [1.165, 1.54) is 24.3 Å². The molecule has 0 spiro atoms. The Kier molecular flexibility index (Phi) is 3.58. The number of sulfonamides is 1. The first-order valence-electron chi connectivity index (χ1n) is 5.05. The zero-order chi connectivity index (χ0) is 13.2.